The number of fused-ring (bicyclic) bond motifs is 1. The molecule has 0 bridgehead atoms. The molecule has 6 nitrogen and oxygen atoms in total. The van der Waals surface area contributed by atoms with Gasteiger partial charge in [-0.2, -0.15) is 5.10 Å². The summed E-state index contributed by atoms with van der Waals surface area (Å²) in [6.07, 6.45) is 0.859. The minimum absolute atomic E-state index is 0.0915. The van der Waals surface area contributed by atoms with Gasteiger partial charge in [-0.3, -0.25) is 10.1 Å². The van der Waals surface area contributed by atoms with Crippen LogP contribution in [0.3, 0.4) is 0 Å². The highest BCUT2D eigenvalue weighted by Crippen LogP contribution is 2.29. The number of halogens is 2. The average Bonchev–Trinajstić information content (AvgIpc) is 3.14. The van der Waals surface area contributed by atoms with Crippen LogP contribution in [-0.4, -0.2) is 39.2 Å². The molecule has 0 fully saturated rings. The summed E-state index contributed by atoms with van der Waals surface area (Å²) in [6, 6.07) is 3.26. The van der Waals surface area contributed by atoms with Crippen molar-refractivity contribution in [2.24, 2.45) is 0 Å². The molecule has 0 saturated heterocycles. The number of nitrogens with zero attached hydrogens (tertiary/aromatic N) is 4. The quantitative estimate of drug-likeness (QED) is 0.728. The van der Waals surface area contributed by atoms with Gasteiger partial charge in [0.2, 0.25) is 0 Å². The number of aryl methyl sites for hydroxylation is 1. The molecule has 0 spiro atoms. The van der Waals surface area contributed by atoms with Gasteiger partial charge in [0.05, 0.1) is 22.6 Å². The summed E-state index contributed by atoms with van der Waals surface area (Å²) in [5.41, 5.74) is 2.40. The highest BCUT2D eigenvalue weighted by atomic mass is 32.1. The van der Waals surface area contributed by atoms with Crippen LogP contribution in [0.25, 0.3) is 5.69 Å². The van der Waals surface area contributed by atoms with Crippen LogP contribution in [0.5, 0.6) is 0 Å². The van der Waals surface area contributed by atoms with E-state index in [0.717, 1.165) is 42.2 Å². The van der Waals surface area contributed by atoms with Crippen LogP contribution in [0, 0.1) is 25.5 Å². The normalized spacial score (nSPS) is 14.2. The predicted molar refractivity (Wildman–Crippen MR) is 103 cm³/mol. The van der Waals surface area contributed by atoms with E-state index in [9.17, 15) is 13.6 Å². The van der Waals surface area contributed by atoms with Crippen molar-refractivity contribution in [3.63, 3.8) is 0 Å². The summed E-state index contributed by atoms with van der Waals surface area (Å²) in [6.45, 7) is 5.13. The number of thiazole rings is 1. The molecule has 0 radical (unpaired) electrons. The molecule has 0 atom stereocenters. The number of nitrogens with one attached hydrogen (secondary N) is 1. The Morgan fingerprint density at radius 3 is 2.82 bits per heavy atom. The highest BCUT2D eigenvalue weighted by molar-refractivity contribution is 7.15. The Hall–Kier alpha value is -2.65. The Bertz CT molecular complexity index is 1070. The maximum atomic E-state index is 14.2. The molecule has 9 heteroatoms. The number of aromatic nitrogens is 3. The Labute approximate surface area is 164 Å². The number of likely N-dealkylation sites (N-methyl/N-ethyl adjacent to an activating group) is 1. The smallest absolute Gasteiger partial charge is 0.261 e. The molecule has 1 aromatic carbocycles. The third kappa shape index (κ3) is 3.31. The van der Waals surface area contributed by atoms with E-state index in [0.29, 0.717) is 22.1 Å². The van der Waals surface area contributed by atoms with Crippen LogP contribution >= 0.6 is 11.3 Å². The second kappa shape index (κ2) is 7.06. The van der Waals surface area contributed by atoms with Crippen LogP contribution in [0.15, 0.2) is 18.2 Å². The van der Waals surface area contributed by atoms with Crippen molar-refractivity contribution in [1.29, 1.82) is 0 Å². The van der Waals surface area contributed by atoms with Crippen molar-refractivity contribution in [1.82, 2.24) is 19.7 Å². The SMILES string of the molecule is Cc1nn(-c2ccc(F)cc2F)c(C)c1C(=O)Nc1nc2c(s1)CN(C)CC2. The van der Waals surface area contributed by atoms with Crippen molar-refractivity contribution in [2.45, 2.75) is 26.8 Å². The monoisotopic (exact) mass is 403 g/mol. The van der Waals surface area contributed by atoms with Gasteiger partial charge >= 0.3 is 0 Å². The van der Waals surface area contributed by atoms with Crippen LogP contribution in [0.4, 0.5) is 13.9 Å². The second-order valence-electron chi connectivity index (χ2n) is 6.88. The van der Waals surface area contributed by atoms with Crippen molar-refractivity contribution in [3.05, 3.63) is 57.4 Å². The minimum atomic E-state index is -0.741. The van der Waals surface area contributed by atoms with Gasteiger partial charge < -0.3 is 4.90 Å². The van der Waals surface area contributed by atoms with Crippen molar-refractivity contribution in [3.8, 4) is 5.69 Å². The minimum Gasteiger partial charge on any atom is -0.301 e. The molecule has 3 heterocycles. The molecule has 146 valence electrons. The Kier molecular flexibility index (Phi) is 4.72. The first-order valence-corrected chi connectivity index (χ1v) is 9.65. The standard InChI is InChI=1S/C19H19F2N5OS/c1-10-17(11(2)26(24-10)15-5-4-12(20)8-13(15)21)18(27)23-19-22-14-6-7-25(3)9-16(14)28-19/h4-5,8H,6-7,9H2,1-3H3,(H,22,23,27). The lowest BCUT2D eigenvalue weighted by Crippen LogP contribution is -2.25. The Balaban J connectivity index is 1.63. The van der Waals surface area contributed by atoms with Crippen molar-refractivity contribution >= 4 is 22.4 Å². The molecule has 0 saturated carbocycles. The zero-order chi connectivity index (χ0) is 20.0. The summed E-state index contributed by atoms with van der Waals surface area (Å²) >= 11 is 1.47. The number of amides is 1. The summed E-state index contributed by atoms with van der Waals surface area (Å²) in [7, 11) is 2.05. The molecule has 0 aliphatic carbocycles. The van der Waals surface area contributed by atoms with Crippen LogP contribution in [0.1, 0.15) is 32.3 Å². The van der Waals surface area contributed by atoms with E-state index in [4.69, 9.17) is 0 Å². The number of carbonyl (C=O) groups excluding carboxylic acids is 1. The van der Waals surface area contributed by atoms with E-state index in [-0.39, 0.29) is 11.6 Å². The molecular weight excluding hydrogens is 384 g/mol. The van der Waals surface area contributed by atoms with E-state index in [1.807, 2.05) is 0 Å². The average molecular weight is 403 g/mol. The van der Waals surface area contributed by atoms with Gasteiger partial charge in [-0.05, 0) is 33.0 Å². The van der Waals surface area contributed by atoms with E-state index in [1.54, 1.807) is 13.8 Å². The van der Waals surface area contributed by atoms with E-state index in [2.05, 4.69) is 27.3 Å². The second-order valence-corrected chi connectivity index (χ2v) is 7.97. The first kappa shape index (κ1) is 18.7. The number of benzene rings is 1. The molecule has 28 heavy (non-hydrogen) atoms. The summed E-state index contributed by atoms with van der Waals surface area (Å²) in [5.74, 6) is -1.75. The van der Waals surface area contributed by atoms with Crippen molar-refractivity contribution in [2.75, 3.05) is 18.9 Å². The molecule has 1 aliphatic heterocycles. The zero-order valence-electron chi connectivity index (χ0n) is 15.7. The van der Waals surface area contributed by atoms with E-state index in [1.165, 1.54) is 22.1 Å². The molecule has 1 aliphatic rings. The molecule has 4 rings (SSSR count). The summed E-state index contributed by atoms with van der Waals surface area (Å²) in [5, 5.41) is 7.67. The van der Waals surface area contributed by atoms with Crippen LogP contribution in [0.2, 0.25) is 0 Å². The van der Waals surface area contributed by atoms with Crippen molar-refractivity contribution < 1.29 is 13.6 Å². The van der Waals surface area contributed by atoms with Gasteiger partial charge in [-0.15, -0.1) is 11.3 Å². The van der Waals surface area contributed by atoms with Gasteiger partial charge in [-0.25, -0.2) is 18.4 Å². The number of hydrogen-bond donors (Lipinski definition) is 1. The van der Waals surface area contributed by atoms with E-state index >= 15 is 0 Å². The van der Waals surface area contributed by atoms with Gasteiger partial charge in [-0.1, -0.05) is 0 Å². The fourth-order valence-corrected chi connectivity index (χ4v) is 4.48. The number of hydrogen-bond acceptors (Lipinski definition) is 5. The fourth-order valence-electron chi connectivity index (χ4n) is 3.40. The van der Waals surface area contributed by atoms with E-state index < -0.39 is 11.6 Å². The molecular formula is C19H19F2N5OS. The molecule has 1 N–H and O–H groups in total. The number of carbonyl (C=O) groups is 1. The lowest BCUT2D eigenvalue weighted by Gasteiger charge is -2.20. The molecule has 2 aromatic heterocycles. The van der Waals surface area contributed by atoms with Gasteiger partial charge in [0, 0.05) is 30.5 Å². The Morgan fingerprint density at radius 2 is 2.07 bits per heavy atom. The van der Waals surface area contributed by atoms with Gasteiger partial charge in [0.1, 0.15) is 11.5 Å². The lowest BCUT2D eigenvalue weighted by molar-refractivity contribution is 0.102. The first-order chi connectivity index (χ1) is 13.3. The molecule has 0 unspecified atom stereocenters. The maximum Gasteiger partial charge on any atom is 0.261 e. The maximum absolute atomic E-state index is 14.2. The number of anilines is 1. The fraction of sp³-hybridized carbons (Fsp3) is 0.316. The summed E-state index contributed by atoms with van der Waals surface area (Å²) in [4.78, 5) is 20.7. The number of rotatable bonds is 3. The van der Waals surface area contributed by atoms with Gasteiger partial charge in [0.25, 0.3) is 5.91 Å². The third-order valence-corrected chi connectivity index (χ3v) is 5.80. The summed E-state index contributed by atoms with van der Waals surface area (Å²) < 4.78 is 28.7. The third-order valence-electron chi connectivity index (χ3n) is 4.80. The topological polar surface area (TPSA) is 63.1 Å². The highest BCUT2D eigenvalue weighted by Gasteiger charge is 2.24. The van der Waals surface area contributed by atoms with Gasteiger partial charge in [0.15, 0.2) is 10.9 Å². The zero-order valence-corrected chi connectivity index (χ0v) is 16.5. The largest absolute Gasteiger partial charge is 0.301 e. The predicted octanol–water partition coefficient (Wildman–Crippen LogP) is 3.46. The Morgan fingerprint density at radius 1 is 1.29 bits per heavy atom. The van der Waals surface area contributed by atoms with Crippen LogP contribution in [-0.2, 0) is 13.0 Å². The lowest BCUT2D eigenvalue weighted by atomic mass is 10.2. The van der Waals surface area contributed by atoms with Crippen LogP contribution < -0.4 is 5.32 Å². The molecule has 3 aromatic rings. The first-order valence-electron chi connectivity index (χ1n) is 8.83. The molecule has 1 amide bonds.